The topological polar surface area (TPSA) is 49.3 Å². The molecule has 6 heteroatoms. The number of rotatable bonds is 5. The highest BCUT2D eigenvalue weighted by Crippen LogP contribution is 2.38. The Morgan fingerprint density at radius 3 is 2.14 bits per heavy atom. The molecule has 1 rings (SSSR count). The lowest BCUT2D eigenvalue weighted by Crippen LogP contribution is -2.59. The minimum Gasteiger partial charge on any atom is -0.393 e. The first-order valence-electron chi connectivity index (χ1n) is 6.70. The van der Waals surface area contributed by atoms with Crippen LogP contribution in [0.2, 0.25) is 0 Å². The van der Waals surface area contributed by atoms with E-state index in [1.807, 2.05) is 0 Å². The van der Waals surface area contributed by atoms with E-state index in [0.29, 0.717) is 0 Å². The van der Waals surface area contributed by atoms with Gasteiger partial charge in [0.05, 0.1) is 27.9 Å². The number of aliphatic hydroxyl groups excluding tert-OH is 1. The molecule has 0 aliphatic carbocycles. The number of hydrogen-bond donors (Lipinski definition) is 2. The summed E-state index contributed by atoms with van der Waals surface area (Å²) in [6.45, 7) is 6.93. The van der Waals surface area contributed by atoms with Gasteiger partial charge in [0.2, 0.25) is 0 Å². The van der Waals surface area contributed by atoms with Gasteiger partial charge in [-0.3, -0.25) is 0 Å². The second-order valence-electron chi connectivity index (χ2n) is 6.44. The van der Waals surface area contributed by atoms with Gasteiger partial charge in [-0.25, -0.2) is 17.7 Å². The molecule has 1 aromatic carbocycles. The van der Waals surface area contributed by atoms with Gasteiger partial charge in [0.15, 0.2) is 5.67 Å². The normalized spacial score (nSPS) is 19.6. The molecule has 1 aromatic rings. The van der Waals surface area contributed by atoms with E-state index < -0.39 is 39.4 Å². The summed E-state index contributed by atoms with van der Waals surface area (Å²) in [7, 11) is -1.63. The van der Waals surface area contributed by atoms with Crippen LogP contribution in [0, 0.1) is 5.82 Å². The molecule has 0 spiro atoms. The van der Waals surface area contributed by atoms with Crippen molar-refractivity contribution < 1.29 is 18.1 Å². The molecule has 0 amide bonds. The zero-order valence-corrected chi connectivity index (χ0v) is 13.9. The van der Waals surface area contributed by atoms with Crippen LogP contribution in [-0.2, 0) is 16.5 Å². The van der Waals surface area contributed by atoms with Gasteiger partial charge in [0, 0.05) is 5.56 Å². The summed E-state index contributed by atoms with van der Waals surface area (Å²) in [6, 6.07) is 5.71. The fourth-order valence-corrected chi connectivity index (χ4v) is 2.81. The van der Waals surface area contributed by atoms with Crippen LogP contribution in [0.5, 0.6) is 0 Å². The average molecular weight is 319 g/mol. The van der Waals surface area contributed by atoms with Crippen molar-refractivity contribution >= 4 is 11.0 Å². The minimum absolute atomic E-state index is 0.0293. The Morgan fingerprint density at radius 2 is 1.71 bits per heavy atom. The number of halogens is 2. The minimum atomic E-state index is -2.20. The maximum absolute atomic E-state index is 14.9. The van der Waals surface area contributed by atoms with Crippen LogP contribution in [0.25, 0.3) is 0 Å². The average Bonchev–Trinajstić information content (AvgIpc) is 2.37. The quantitative estimate of drug-likeness (QED) is 0.877. The lowest BCUT2D eigenvalue weighted by atomic mass is 9.79. The zero-order valence-electron chi connectivity index (χ0n) is 13.0. The van der Waals surface area contributed by atoms with Gasteiger partial charge in [0.25, 0.3) is 0 Å². The molecule has 0 aromatic heterocycles. The van der Waals surface area contributed by atoms with Gasteiger partial charge < -0.3 is 5.11 Å². The molecule has 0 fully saturated rings. The Bertz CT molecular complexity index is 529. The molecule has 3 nitrogen and oxygen atoms in total. The molecule has 0 unspecified atom stereocenters. The number of hydrogen-bond acceptors (Lipinski definition) is 2. The fourth-order valence-electron chi connectivity index (χ4n) is 1.81. The Labute approximate surface area is 127 Å². The van der Waals surface area contributed by atoms with Crippen molar-refractivity contribution in [3.63, 3.8) is 0 Å². The second kappa shape index (κ2) is 6.10. The van der Waals surface area contributed by atoms with Crippen LogP contribution in [0.15, 0.2) is 24.3 Å². The maximum atomic E-state index is 14.9. The van der Waals surface area contributed by atoms with Crippen molar-refractivity contribution in [3.8, 4) is 0 Å². The van der Waals surface area contributed by atoms with Crippen molar-refractivity contribution in [2.45, 2.75) is 50.6 Å². The molecule has 0 saturated heterocycles. The standard InChI is InChI=1S/C15H23F2NO2S/c1-13(2,3)21(20)18-15(5,14(4,17)10-19)11-8-6-7-9-12(11)16/h6-9,18-19H,10H2,1-5H3/t14-,15+,21+/m0/s1. The van der Waals surface area contributed by atoms with Gasteiger partial charge in [0.1, 0.15) is 5.82 Å². The highest BCUT2D eigenvalue weighted by atomic mass is 32.2. The zero-order chi connectivity index (χ0) is 16.5. The maximum Gasteiger partial charge on any atom is 0.153 e. The lowest BCUT2D eigenvalue weighted by molar-refractivity contribution is 0.00988. The first kappa shape index (κ1) is 18.2. The van der Waals surface area contributed by atoms with Crippen molar-refractivity contribution in [2.75, 3.05) is 6.61 Å². The Kier molecular flexibility index (Phi) is 5.29. The molecule has 2 N–H and O–H groups in total. The van der Waals surface area contributed by atoms with Crippen LogP contribution in [0.1, 0.15) is 40.2 Å². The predicted octanol–water partition coefficient (Wildman–Crippen LogP) is 2.81. The van der Waals surface area contributed by atoms with Gasteiger partial charge in [-0.05, 0) is 40.7 Å². The molecular weight excluding hydrogens is 296 g/mol. The van der Waals surface area contributed by atoms with E-state index >= 15 is 0 Å². The van der Waals surface area contributed by atoms with E-state index in [9.17, 15) is 18.1 Å². The molecule has 0 aliphatic rings. The smallest absolute Gasteiger partial charge is 0.153 e. The number of nitrogens with one attached hydrogen (secondary N) is 1. The Morgan fingerprint density at radius 1 is 1.19 bits per heavy atom. The van der Waals surface area contributed by atoms with Crippen LogP contribution in [0.4, 0.5) is 8.78 Å². The molecule has 21 heavy (non-hydrogen) atoms. The Hall–Kier alpha value is -0.850. The van der Waals surface area contributed by atoms with Gasteiger partial charge >= 0.3 is 0 Å². The summed E-state index contributed by atoms with van der Waals surface area (Å²) >= 11 is 0. The molecule has 0 radical (unpaired) electrons. The summed E-state index contributed by atoms with van der Waals surface area (Å²) in [5.41, 5.74) is -3.80. The third-order valence-corrected chi connectivity index (χ3v) is 5.31. The molecule has 0 bridgehead atoms. The van der Waals surface area contributed by atoms with Crippen LogP contribution in [0.3, 0.4) is 0 Å². The Balaban J connectivity index is 3.39. The van der Waals surface area contributed by atoms with E-state index in [2.05, 4.69) is 4.72 Å². The third kappa shape index (κ3) is 3.67. The highest BCUT2D eigenvalue weighted by molar-refractivity contribution is 7.84. The highest BCUT2D eigenvalue weighted by Gasteiger charge is 2.49. The fraction of sp³-hybridized carbons (Fsp3) is 0.600. The number of benzene rings is 1. The van der Waals surface area contributed by atoms with E-state index in [-0.39, 0.29) is 5.56 Å². The van der Waals surface area contributed by atoms with Crippen molar-refractivity contribution in [3.05, 3.63) is 35.6 Å². The van der Waals surface area contributed by atoms with E-state index in [1.54, 1.807) is 26.8 Å². The first-order valence-corrected chi connectivity index (χ1v) is 7.85. The van der Waals surface area contributed by atoms with Gasteiger partial charge in [-0.1, -0.05) is 18.2 Å². The summed E-state index contributed by atoms with van der Waals surface area (Å²) in [5.74, 6) is -0.615. The van der Waals surface area contributed by atoms with Gasteiger partial charge in [-0.15, -0.1) is 0 Å². The van der Waals surface area contributed by atoms with Crippen molar-refractivity contribution in [1.29, 1.82) is 0 Å². The molecule has 0 saturated carbocycles. The molecule has 0 aliphatic heterocycles. The largest absolute Gasteiger partial charge is 0.393 e. The van der Waals surface area contributed by atoms with E-state index in [4.69, 9.17) is 0 Å². The van der Waals surface area contributed by atoms with Gasteiger partial charge in [-0.2, -0.15) is 0 Å². The summed E-state index contributed by atoms with van der Waals surface area (Å²) in [5, 5.41) is 9.36. The summed E-state index contributed by atoms with van der Waals surface area (Å²) in [4.78, 5) is 0. The first-order chi connectivity index (χ1) is 9.45. The molecule has 0 heterocycles. The van der Waals surface area contributed by atoms with E-state index in [0.717, 1.165) is 6.92 Å². The molecular formula is C15H23F2NO2S. The monoisotopic (exact) mass is 319 g/mol. The summed E-state index contributed by atoms with van der Waals surface area (Å²) < 4.78 is 43.4. The molecule has 120 valence electrons. The number of aliphatic hydroxyl groups is 1. The SMILES string of the molecule is CC(C)(C)[S@@](=O)N[C@](C)(c1ccccc1F)[C@@](C)(F)CO. The van der Waals surface area contributed by atoms with Crippen molar-refractivity contribution in [2.24, 2.45) is 0 Å². The van der Waals surface area contributed by atoms with Crippen LogP contribution in [-0.4, -0.2) is 26.3 Å². The molecule has 3 atom stereocenters. The second-order valence-corrected chi connectivity index (χ2v) is 8.41. The van der Waals surface area contributed by atoms with E-state index in [1.165, 1.54) is 25.1 Å². The lowest BCUT2D eigenvalue weighted by Gasteiger charge is -2.42. The van der Waals surface area contributed by atoms with Crippen molar-refractivity contribution in [1.82, 2.24) is 4.72 Å². The predicted molar refractivity (Wildman–Crippen MR) is 81.4 cm³/mol. The van der Waals surface area contributed by atoms with Crippen LogP contribution < -0.4 is 4.72 Å². The summed E-state index contributed by atoms with van der Waals surface area (Å²) in [6.07, 6.45) is 0. The third-order valence-electron chi connectivity index (χ3n) is 3.61. The number of alkyl halides is 1. The van der Waals surface area contributed by atoms with Crippen LogP contribution >= 0.6 is 0 Å².